The first-order valence-corrected chi connectivity index (χ1v) is 9.42. The van der Waals surface area contributed by atoms with Gasteiger partial charge in [-0.15, -0.1) is 13.2 Å². The lowest BCUT2D eigenvalue weighted by molar-refractivity contribution is -0.274. The van der Waals surface area contributed by atoms with E-state index in [2.05, 4.69) is 22.2 Å². The Bertz CT molecular complexity index is 891. The standard InChI is InChI=1S/C20H17F3N2O4/c21-20(22,23)29-10-3-1-9(2-4-10)24-15(26)8-25-18(27)16-11-5-6-12(14-7-13(11)14)17(16)19(25)28/h1-6,11-14,16-17H,7-8H2,(H,24,26)/t11-,12-,13-,14+,16+,17+/m0/s1. The van der Waals surface area contributed by atoms with Gasteiger partial charge in [0.05, 0.1) is 11.8 Å². The Morgan fingerprint density at radius 3 is 2.10 bits per heavy atom. The summed E-state index contributed by atoms with van der Waals surface area (Å²) in [5.74, 6) is -1.20. The van der Waals surface area contributed by atoms with Gasteiger partial charge >= 0.3 is 6.36 Å². The number of amides is 3. The largest absolute Gasteiger partial charge is 0.573 e. The molecule has 1 N–H and O–H groups in total. The summed E-state index contributed by atoms with van der Waals surface area (Å²) in [5.41, 5.74) is 0.240. The second kappa shape index (κ2) is 6.08. The maximum absolute atomic E-state index is 12.8. The van der Waals surface area contributed by atoms with Crippen LogP contribution in [0.4, 0.5) is 18.9 Å². The zero-order valence-corrected chi connectivity index (χ0v) is 15.1. The fourth-order valence-electron chi connectivity index (χ4n) is 5.26. The topological polar surface area (TPSA) is 75.7 Å². The number of anilines is 1. The second-order valence-electron chi connectivity index (χ2n) is 8.04. The van der Waals surface area contributed by atoms with Gasteiger partial charge in [0.1, 0.15) is 12.3 Å². The molecule has 0 aromatic heterocycles. The van der Waals surface area contributed by atoms with Gasteiger partial charge in [0.25, 0.3) is 0 Å². The quantitative estimate of drug-likeness (QED) is 0.616. The van der Waals surface area contributed by atoms with Crippen LogP contribution in [0, 0.1) is 35.5 Å². The summed E-state index contributed by atoms with van der Waals surface area (Å²) in [6.07, 6.45) is 0.371. The highest BCUT2D eigenvalue weighted by molar-refractivity contribution is 6.09. The van der Waals surface area contributed by atoms with Gasteiger partial charge in [-0.2, -0.15) is 0 Å². The summed E-state index contributed by atoms with van der Waals surface area (Å²) < 4.78 is 40.4. The Morgan fingerprint density at radius 1 is 1.03 bits per heavy atom. The number of carbonyl (C=O) groups is 3. The van der Waals surface area contributed by atoms with Crippen LogP contribution >= 0.6 is 0 Å². The third-order valence-corrected chi connectivity index (χ3v) is 6.43. The molecule has 6 nitrogen and oxygen atoms in total. The molecule has 1 aromatic rings. The minimum Gasteiger partial charge on any atom is -0.406 e. The van der Waals surface area contributed by atoms with Crippen molar-refractivity contribution in [1.29, 1.82) is 0 Å². The van der Waals surface area contributed by atoms with E-state index in [-0.39, 0.29) is 41.2 Å². The van der Waals surface area contributed by atoms with Gasteiger partial charge in [0.15, 0.2) is 0 Å². The zero-order chi connectivity index (χ0) is 20.5. The van der Waals surface area contributed by atoms with Crippen LogP contribution in [0.25, 0.3) is 0 Å². The lowest BCUT2D eigenvalue weighted by Crippen LogP contribution is -2.40. The highest BCUT2D eigenvalue weighted by atomic mass is 19.4. The minimum absolute atomic E-state index is 0.0840. The van der Waals surface area contributed by atoms with E-state index in [1.54, 1.807) is 0 Å². The van der Waals surface area contributed by atoms with Crippen molar-refractivity contribution in [3.8, 4) is 5.75 Å². The fourth-order valence-corrected chi connectivity index (χ4v) is 5.26. The van der Waals surface area contributed by atoms with Gasteiger partial charge in [-0.3, -0.25) is 19.3 Å². The SMILES string of the molecule is O=C(CN1C(=O)[C@@H]2[C@H]3C=C[C@@H]([C@@H]4C[C@H]34)[C@H]2C1=O)Nc1ccc(OC(F)(F)F)cc1. The van der Waals surface area contributed by atoms with Crippen LogP contribution in [-0.2, 0) is 14.4 Å². The first-order chi connectivity index (χ1) is 13.7. The summed E-state index contributed by atoms with van der Waals surface area (Å²) in [5, 5.41) is 2.50. The van der Waals surface area contributed by atoms with Crippen molar-refractivity contribution in [3.05, 3.63) is 36.4 Å². The number of alkyl halides is 3. The molecule has 29 heavy (non-hydrogen) atoms. The summed E-state index contributed by atoms with van der Waals surface area (Å²) in [4.78, 5) is 39.1. The highest BCUT2D eigenvalue weighted by Crippen LogP contribution is 2.65. The van der Waals surface area contributed by atoms with Gasteiger partial charge < -0.3 is 10.1 Å². The molecule has 1 saturated heterocycles. The molecule has 1 heterocycles. The Hall–Kier alpha value is -2.84. The number of hydrogen-bond acceptors (Lipinski definition) is 4. The maximum atomic E-state index is 12.8. The molecule has 1 aromatic carbocycles. The van der Waals surface area contributed by atoms with Crippen molar-refractivity contribution < 1.29 is 32.3 Å². The average Bonchev–Trinajstić information content (AvgIpc) is 3.43. The smallest absolute Gasteiger partial charge is 0.406 e. The Morgan fingerprint density at radius 2 is 1.59 bits per heavy atom. The number of benzene rings is 1. The molecule has 2 bridgehead atoms. The molecule has 3 amide bonds. The molecule has 3 fully saturated rings. The molecule has 0 unspecified atom stereocenters. The molecule has 0 radical (unpaired) electrons. The predicted molar refractivity (Wildman–Crippen MR) is 93.2 cm³/mol. The molecule has 5 aliphatic rings. The third kappa shape index (κ3) is 2.99. The second-order valence-corrected chi connectivity index (χ2v) is 8.04. The van der Waals surface area contributed by atoms with Gasteiger partial charge in [-0.05, 0) is 54.4 Å². The van der Waals surface area contributed by atoms with Crippen LogP contribution in [0.15, 0.2) is 36.4 Å². The van der Waals surface area contributed by atoms with E-state index < -0.39 is 24.6 Å². The predicted octanol–water partition coefficient (Wildman–Crippen LogP) is 2.58. The minimum atomic E-state index is -4.80. The normalized spacial score (nSPS) is 34.1. The number of rotatable bonds is 4. The number of halogens is 3. The van der Waals surface area contributed by atoms with Gasteiger partial charge in [-0.25, -0.2) is 0 Å². The maximum Gasteiger partial charge on any atom is 0.573 e. The lowest BCUT2D eigenvalue weighted by atomic mass is 9.63. The molecule has 0 spiro atoms. The summed E-state index contributed by atoms with van der Waals surface area (Å²) in [7, 11) is 0. The van der Waals surface area contributed by atoms with Crippen LogP contribution in [0.3, 0.4) is 0 Å². The van der Waals surface area contributed by atoms with Gasteiger partial charge in [-0.1, -0.05) is 12.2 Å². The van der Waals surface area contributed by atoms with Crippen LogP contribution in [0.5, 0.6) is 5.75 Å². The number of imide groups is 1. The van der Waals surface area contributed by atoms with Gasteiger partial charge in [0, 0.05) is 5.69 Å². The molecule has 2 saturated carbocycles. The first-order valence-electron chi connectivity index (χ1n) is 9.42. The Balaban J connectivity index is 1.24. The highest BCUT2D eigenvalue weighted by Gasteiger charge is 2.67. The van der Waals surface area contributed by atoms with E-state index in [0.717, 1.165) is 23.5 Å². The first kappa shape index (κ1) is 18.2. The fraction of sp³-hybridized carbons (Fsp3) is 0.450. The lowest BCUT2D eigenvalue weighted by Gasteiger charge is -2.37. The molecule has 6 rings (SSSR count). The third-order valence-electron chi connectivity index (χ3n) is 6.43. The van der Waals surface area contributed by atoms with Crippen LogP contribution in [0.1, 0.15) is 6.42 Å². The number of ether oxygens (including phenoxy) is 1. The summed E-state index contributed by atoms with van der Waals surface area (Å²) >= 11 is 0. The van der Waals surface area contributed by atoms with Crippen molar-refractivity contribution in [2.75, 3.05) is 11.9 Å². The number of nitrogens with one attached hydrogen (secondary N) is 1. The van der Waals surface area contributed by atoms with E-state index in [0.29, 0.717) is 11.8 Å². The van der Waals surface area contributed by atoms with Crippen molar-refractivity contribution in [2.45, 2.75) is 12.8 Å². The van der Waals surface area contributed by atoms with Crippen molar-refractivity contribution in [1.82, 2.24) is 4.90 Å². The van der Waals surface area contributed by atoms with Crippen LogP contribution < -0.4 is 10.1 Å². The van der Waals surface area contributed by atoms with Crippen LogP contribution in [0.2, 0.25) is 0 Å². The number of carbonyl (C=O) groups excluding carboxylic acids is 3. The summed E-state index contributed by atoms with van der Waals surface area (Å²) in [6.45, 7) is -0.403. The average molecular weight is 406 g/mol. The monoisotopic (exact) mass is 406 g/mol. The molecule has 6 atom stereocenters. The van der Waals surface area contributed by atoms with Gasteiger partial charge in [0.2, 0.25) is 17.7 Å². The zero-order valence-electron chi connectivity index (χ0n) is 15.1. The molecule has 1 aliphatic heterocycles. The van der Waals surface area contributed by atoms with E-state index in [9.17, 15) is 27.6 Å². The summed E-state index contributed by atoms with van der Waals surface area (Å²) in [6, 6.07) is 4.65. The van der Waals surface area contributed by atoms with Crippen molar-refractivity contribution >= 4 is 23.4 Å². The van der Waals surface area contributed by atoms with E-state index in [4.69, 9.17) is 0 Å². The number of allylic oxidation sites excluding steroid dienone is 2. The van der Waals surface area contributed by atoms with Crippen LogP contribution in [-0.4, -0.2) is 35.5 Å². The number of likely N-dealkylation sites (tertiary alicyclic amines) is 1. The van der Waals surface area contributed by atoms with E-state index in [1.165, 1.54) is 12.1 Å². The number of nitrogens with zero attached hydrogens (tertiary/aromatic N) is 1. The molecule has 4 aliphatic carbocycles. The molecule has 152 valence electrons. The number of hydrogen-bond donors (Lipinski definition) is 1. The van der Waals surface area contributed by atoms with E-state index in [1.807, 2.05) is 0 Å². The van der Waals surface area contributed by atoms with Crippen molar-refractivity contribution in [3.63, 3.8) is 0 Å². The molecular weight excluding hydrogens is 389 g/mol. The van der Waals surface area contributed by atoms with Crippen molar-refractivity contribution in [2.24, 2.45) is 35.5 Å². The molecule has 9 heteroatoms. The molecular formula is C20H17F3N2O4. The van der Waals surface area contributed by atoms with E-state index >= 15 is 0 Å². The Kier molecular flexibility index (Phi) is 3.81. The Labute approximate surface area is 163 Å².